The third-order valence-electron chi connectivity index (χ3n) is 5.59. The second-order valence-corrected chi connectivity index (χ2v) is 11.5. The van der Waals surface area contributed by atoms with Gasteiger partial charge in [-0.1, -0.05) is 70.7 Å². The van der Waals surface area contributed by atoms with Crippen LogP contribution in [0, 0.1) is 0 Å². The van der Waals surface area contributed by atoms with Crippen molar-refractivity contribution in [1.82, 2.24) is 10.2 Å². The van der Waals surface area contributed by atoms with Gasteiger partial charge < -0.3 is 10.2 Å². The number of benzene rings is 3. The lowest BCUT2D eigenvalue weighted by Gasteiger charge is -2.32. The molecule has 0 heterocycles. The number of amides is 2. The maximum atomic E-state index is 13.8. The quantitative estimate of drug-likeness (QED) is 0.342. The number of carbonyl (C=O) groups is 2. The summed E-state index contributed by atoms with van der Waals surface area (Å²) in [6.45, 7) is 0.693. The molecule has 0 fully saturated rings. The Labute approximate surface area is 235 Å². The van der Waals surface area contributed by atoms with E-state index in [2.05, 4.69) is 5.32 Å². The molecule has 1 unspecified atom stereocenters. The molecule has 0 aliphatic rings. The normalized spacial score (nSPS) is 12.1. The number of hydrogen-bond acceptors (Lipinski definition) is 4. The van der Waals surface area contributed by atoms with Gasteiger partial charge in [-0.25, -0.2) is 8.42 Å². The van der Waals surface area contributed by atoms with E-state index in [4.69, 9.17) is 46.4 Å². The van der Waals surface area contributed by atoms with E-state index in [-0.39, 0.29) is 27.2 Å². The number of nitrogens with zero attached hydrogens (tertiary/aromatic N) is 2. The van der Waals surface area contributed by atoms with Crippen molar-refractivity contribution in [3.05, 3.63) is 92.4 Å². The summed E-state index contributed by atoms with van der Waals surface area (Å²) in [4.78, 5) is 27.5. The summed E-state index contributed by atoms with van der Waals surface area (Å²) in [5, 5.41) is 3.38. The average molecular weight is 603 g/mol. The van der Waals surface area contributed by atoms with E-state index < -0.39 is 34.4 Å². The Kier molecular flexibility index (Phi) is 9.72. The van der Waals surface area contributed by atoms with E-state index in [9.17, 15) is 18.0 Å². The van der Waals surface area contributed by atoms with Crippen molar-refractivity contribution in [3.8, 4) is 0 Å². The van der Waals surface area contributed by atoms with Crippen LogP contribution in [-0.2, 0) is 26.2 Å². The maximum Gasteiger partial charge on any atom is 0.264 e. The van der Waals surface area contributed by atoms with Crippen LogP contribution < -0.4 is 9.62 Å². The van der Waals surface area contributed by atoms with Gasteiger partial charge in [-0.15, -0.1) is 0 Å². The lowest BCUT2D eigenvalue weighted by molar-refractivity contribution is -0.139. The summed E-state index contributed by atoms with van der Waals surface area (Å²) in [6.07, 6.45) is 0. The summed E-state index contributed by atoms with van der Waals surface area (Å²) in [5.74, 6) is -1.16. The van der Waals surface area contributed by atoms with Gasteiger partial charge in [0, 0.05) is 34.2 Å². The summed E-state index contributed by atoms with van der Waals surface area (Å²) in [5.41, 5.74) is 0.419. The van der Waals surface area contributed by atoms with Crippen molar-refractivity contribution < 1.29 is 18.0 Å². The van der Waals surface area contributed by atoms with Crippen LogP contribution in [0.3, 0.4) is 0 Å². The number of carbonyl (C=O) groups excluding carboxylic acids is 2. The van der Waals surface area contributed by atoms with Gasteiger partial charge in [0.05, 0.1) is 15.6 Å². The fraction of sp³-hybridized carbons (Fsp3) is 0.200. The molecule has 7 nitrogen and oxygen atoms in total. The first-order valence-corrected chi connectivity index (χ1v) is 13.9. The molecule has 0 spiro atoms. The number of rotatable bonds is 9. The van der Waals surface area contributed by atoms with Crippen molar-refractivity contribution in [3.63, 3.8) is 0 Å². The standard InChI is InChI=1S/C25H23Cl4N3O4S/c1-16(25(34)30-2)31(14-19-20(27)9-6-10-21(19)28)24(33)15-32(23-13-17(26)11-12-22(23)29)37(35,36)18-7-4-3-5-8-18/h3-13,16H,14-15H2,1-2H3,(H,30,34). The highest BCUT2D eigenvalue weighted by Crippen LogP contribution is 2.33. The third kappa shape index (κ3) is 6.69. The first kappa shape index (κ1) is 29.1. The molecule has 0 saturated carbocycles. The fourth-order valence-corrected chi connectivity index (χ4v) is 5.95. The molecule has 0 aliphatic carbocycles. The van der Waals surface area contributed by atoms with Crippen molar-refractivity contribution >= 4 is 73.9 Å². The molecule has 3 aromatic rings. The number of anilines is 1. The van der Waals surface area contributed by atoms with Crippen LogP contribution in [0.2, 0.25) is 20.1 Å². The largest absolute Gasteiger partial charge is 0.357 e. The molecule has 0 bridgehead atoms. The van der Waals surface area contributed by atoms with Crippen LogP contribution in [-0.4, -0.2) is 44.8 Å². The fourth-order valence-electron chi connectivity index (χ4n) is 3.56. The minimum absolute atomic E-state index is 0.00897. The van der Waals surface area contributed by atoms with Gasteiger partial charge in [-0.3, -0.25) is 13.9 Å². The molecule has 196 valence electrons. The van der Waals surface area contributed by atoms with Crippen LogP contribution in [0.4, 0.5) is 5.69 Å². The summed E-state index contributed by atoms with van der Waals surface area (Å²) >= 11 is 25.2. The Morgan fingerprint density at radius 1 is 0.892 bits per heavy atom. The lowest BCUT2D eigenvalue weighted by Crippen LogP contribution is -2.50. The van der Waals surface area contributed by atoms with E-state index in [0.717, 1.165) is 4.31 Å². The van der Waals surface area contributed by atoms with E-state index >= 15 is 0 Å². The molecule has 0 aliphatic heterocycles. The second kappa shape index (κ2) is 12.4. The lowest BCUT2D eigenvalue weighted by atomic mass is 10.1. The van der Waals surface area contributed by atoms with E-state index in [1.165, 1.54) is 49.2 Å². The number of hydrogen-bond donors (Lipinski definition) is 1. The first-order chi connectivity index (χ1) is 17.5. The van der Waals surface area contributed by atoms with Gasteiger partial charge in [0.2, 0.25) is 11.8 Å². The maximum absolute atomic E-state index is 13.8. The van der Waals surface area contributed by atoms with E-state index in [1.54, 1.807) is 36.4 Å². The van der Waals surface area contributed by atoms with Crippen LogP contribution in [0.5, 0.6) is 0 Å². The van der Waals surface area contributed by atoms with Gasteiger partial charge in [0.15, 0.2) is 0 Å². The molecular weight excluding hydrogens is 580 g/mol. The highest BCUT2D eigenvalue weighted by molar-refractivity contribution is 7.92. The highest BCUT2D eigenvalue weighted by atomic mass is 35.5. The highest BCUT2D eigenvalue weighted by Gasteiger charge is 2.33. The Hall–Kier alpha value is -2.49. The molecule has 3 aromatic carbocycles. The molecule has 1 atom stereocenters. The van der Waals surface area contributed by atoms with Crippen LogP contribution in [0.25, 0.3) is 0 Å². The minimum atomic E-state index is -4.27. The third-order valence-corrected chi connectivity index (χ3v) is 8.63. The Morgan fingerprint density at radius 2 is 1.51 bits per heavy atom. The van der Waals surface area contributed by atoms with Gasteiger partial charge >= 0.3 is 0 Å². The molecular formula is C25H23Cl4N3O4S. The SMILES string of the molecule is CNC(=O)C(C)N(Cc1c(Cl)cccc1Cl)C(=O)CN(c1cc(Cl)ccc1Cl)S(=O)(=O)c1ccccc1. The van der Waals surface area contributed by atoms with Crippen molar-refractivity contribution in [2.24, 2.45) is 0 Å². The summed E-state index contributed by atoms with van der Waals surface area (Å²) in [7, 11) is -2.84. The molecule has 1 N–H and O–H groups in total. The van der Waals surface area contributed by atoms with Crippen molar-refractivity contribution in [2.75, 3.05) is 17.9 Å². The topological polar surface area (TPSA) is 86.8 Å². The van der Waals surface area contributed by atoms with Crippen molar-refractivity contribution in [2.45, 2.75) is 24.4 Å². The smallest absolute Gasteiger partial charge is 0.264 e. The molecule has 0 saturated heterocycles. The number of likely N-dealkylation sites (N-methyl/N-ethyl adjacent to an activating group) is 1. The monoisotopic (exact) mass is 601 g/mol. The van der Waals surface area contributed by atoms with E-state index in [1.807, 2.05) is 0 Å². The molecule has 0 aromatic heterocycles. The first-order valence-electron chi connectivity index (χ1n) is 10.9. The van der Waals surface area contributed by atoms with Crippen LogP contribution in [0.1, 0.15) is 12.5 Å². The van der Waals surface area contributed by atoms with Gasteiger partial charge in [0.25, 0.3) is 10.0 Å². The predicted molar refractivity (Wildman–Crippen MR) is 148 cm³/mol. The van der Waals surface area contributed by atoms with Gasteiger partial charge in [-0.2, -0.15) is 0 Å². The minimum Gasteiger partial charge on any atom is -0.357 e. The zero-order valence-electron chi connectivity index (χ0n) is 19.8. The Balaban J connectivity index is 2.10. The van der Waals surface area contributed by atoms with Gasteiger partial charge in [-0.05, 0) is 49.4 Å². The Morgan fingerprint density at radius 3 is 2.11 bits per heavy atom. The Bertz CT molecular complexity index is 1380. The number of nitrogens with one attached hydrogen (secondary N) is 1. The summed E-state index contributed by atoms with van der Waals surface area (Å²) in [6, 6.07) is 15.8. The molecule has 3 rings (SSSR count). The molecule has 2 amide bonds. The second-order valence-electron chi connectivity index (χ2n) is 7.93. The number of sulfonamides is 1. The summed E-state index contributed by atoms with van der Waals surface area (Å²) < 4.78 is 28.3. The van der Waals surface area contributed by atoms with Crippen LogP contribution in [0.15, 0.2) is 71.6 Å². The zero-order valence-corrected chi connectivity index (χ0v) is 23.6. The molecule has 12 heteroatoms. The van der Waals surface area contributed by atoms with Gasteiger partial charge in [0.1, 0.15) is 12.6 Å². The van der Waals surface area contributed by atoms with Crippen LogP contribution >= 0.6 is 46.4 Å². The predicted octanol–water partition coefficient (Wildman–Crippen LogP) is 5.66. The number of halogens is 4. The van der Waals surface area contributed by atoms with E-state index in [0.29, 0.717) is 15.6 Å². The molecule has 37 heavy (non-hydrogen) atoms. The molecule has 0 radical (unpaired) electrons. The van der Waals surface area contributed by atoms with Crippen molar-refractivity contribution in [1.29, 1.82) is 0 Å². The zero-order chi connectivity index (χ0) is 27.3. The average Bonchev–Trinajstić information content (AvgIpc) is 2.88.